The number of anilines is 1. The second-order valence-corrected chi connectivity index (χ2v) is 7.89. The zero-order valence-corrected chi connectivity index (χ0v) is 14.3. The van der Waals surface area contributed by atoms with Gasteiger partial charge in [-0.1, -0.05) is 0 Å². The molecule has 0 N–H and O–H groups in total. The third-order valence-electron chi connectivity index (χ3n) is 5.78. The lowest BCUT2D eigenvalue weighted by molar-refractivity contribution is -0.138. The molecule has 1 aromatic heterocycles. The van der Waals surface area contributed by atoms with E-state index in [0.29, 0.717) is 17.4 Å². The van der Waals surface area contributed by atoms with Gasteiger partial charge in [0.25, 0.3) is 0 Å². The molecule has 1 aliphatic carbocycles. The van der Waals surface area contributed by atoms with Gasteiger partial charge in [0.1, 0.15) is 0 Å². The Labute approximate surface area is 138 Å². The maximum Gasteiger partial charge on any atom is 0.222 e. The normalized spacial score (nSPS) is 28.5. The van der Waals surface area contributed by atoms with E-state index in [9.17, 15) is 4.79 Å². The van der Waals surface area contributed by atoms with Gasteiger partial charge in [-0.2, -0.15) is 0 Å². The number of carbonyl (C=O) groups excluding carboxylic acids is 1. The van der Waals surface area contributed by atoms with Crippen molar-refractivity contribution in [3.63, 3.8) is 0 Å². The number of aryl methyl sites for hydroxylation is 2. The molecule has 1 amide bonds. The minimum Gasteiger partial charge on any atom is -0.371 e. The van der Waals surface area contributed by atoms with Gasteiger partial charge < -0.3 is 9.80 Å². The number of aromatic nitrogens is 1. The van der Waals surface area contributed by atoms with Gasteiger partial charge in [-0.3, -0.25) is 9.78 Å². The molecule has 0 unspecified atom stereocenters. The monoisotopic (exact) mass is 313 g/mol. The number of nitrogens with zero attached hydrogens (tertiary/aromatic N) is 3. The van der Waals surface area contributed by atoms with Crippen molar-refractivity contribution in [3.8, 4) is 0 Å². The Morgan fingerprint density at radius 1 is 1.13 bits per heavy atom. The van der Waals surface area contributed by atoms with Gasteiger partial charge in [0.15, 0.2) is 0 Å². The summed E-state index contributed by atoms with van der Waals surface area (Å²) in [6, 6.07) is 4.97. The second kappa shape index (κ2) is 5.50. The van der Waals surface area contributed by atoms with Crippen molar-refractivity contribution in [2.24, 2.45) is 5.41 Å². The zero-order valence-electron chi connectivity index (χ0n) is 14.3. The molecule has 2 aliphatic heterocycles. The number of hydrogen-bond acceptors (Lipinski definition) is 3. The van der Waals surface area contributed by atoms with E-state index in [2.05, 4.69) is 40.8 Å². The number of piperidine rings is 2. The highest BCUT2D eigenvalue weighted by atomic mass is 16.2. The third-order valence-corrected chi connectivity index (χ3v) is 5.78. The smallest absolute Gasteiger partial charge is 0.222 e. The first-order valence-electron chi connectivity index (χ1n) is 9.04. The Hall–Kier alpha value is -1.58. The molecule has 1 aromatic rings. The number of carbonyl (C=O) groups is 1. The standard InChI is InChI=1S/C19H27N3O/c1-14-10-17(11-15(2)20-14)21-9-3-7-19(12-21)8-6-18(23)22(13-19)16-4-5-16/h10-11,16H,3-9,12-13H2,1-2H3/t19-/m1/s1. The van der Waals surface area contributed by atoms with E-state index in [1.54, 1.807) is 0 Å². The van der Waals surface area contributed by atoms with Crippen LogP contribution in [0.2, 0.25) is 0 Å². The SMILES string of the molecule is Cc1cc(N2CCC[C@@]3(CCC(=O)N(C4CC4)C3)C2)cc(C)n1. The van der Waals surface area contributed by atoms with Crippen LogP contribution in [0.3, 0.4) is 0 Å². The van der Waals surface area contributed by atoms with Gasteiger partial charge in [-0.15, -0.1) is 0 Å². The topological polar surface area (TPSA) is 36.4 Å². The van der Waals surface area contributed by atoms with Crippen LogP contribution in [0, 0.1) is 19.3 Å². The minimum atomic E-state index is 0.305. The summed E-state index contributed by atoms with van der Waals surface area (Å²) >= 11 is 0. The fourth-order valence-electron chi connectivity index (χ4n) is 4.52. The van der Waals surface area contributed by atoms with Crippen LogP contribution in [-0.2, 0) is 4.79 Å². The summed E-state index contributed by atoms with van der Waals surface area (Å²) in [5.41, 5.74) is 3.81. The van der Waals surface area contributed by atoms with Gasteiger partial charge in [0.05, 0.1) is 0 Å². The Bertz CT molecular complexity index is 605. The average Bonchev–Trinajstić information content (AvgIpc) is 3.34. The summed E-state index contributed by atoms with van der Waals surface area (Å²) < 4.78 is 0. The zero-order chi connectivity index (χ0) is 16.0. The van der Waals surface area contributed by atoms with Crippen LogP contribution >= 0.6 is 0 Å². The van der Waals surface area contributed by atoms with E-state index >= 15 is 0 Å². The highest BCUT2D eigenvalue weighted by molar-refractivity contribution is 5.78. The molecule has 3 fully saturated rings. The molecule has 2 saturated heterocycles. The average molecular weight is 313 g/mol. The van der Waals surface area contributed by atoms with E-state index < -0.39 is 0 Å². The van der Waals surface area contributed by atoms with Crippen LogP contribution in [0.4, 0.5) is 5.69 Å². The largest absolute Gasteiger partial charge is 0.371 e. The molecular weight excluding hydrogens is 286 g/mol. The van der Waals surface area contributed by atoms with Crippen molar-refractivity contribution in [2.75, 3.05) is 24.5 Å². The second-order valence-electron chi connectivity index (χ2n) is 7.89. The first-order chi connectivity index (χ1) is 11.0. The van der Waals surface area contributed by atoms with Gasteiger partial charge in [0, 0.05) is 54.6 Å². The van der Waals surface area contributed by atoms with E-state index in [1.807, 2.05) is 0 Å². The molecule has 1 saturated carbocycles. The molecule has 4 rings (SSSR count). The number of amides is 1. The summed E-state index contributed by atoms with van der Waals surface area (Å²) in [5.74, 6) is 0.394. The van der Waals surface area contributed by atoms with Crippen LogP contribution in [0.5, 0.6) is 0 Å². The van der Waals surface area contributed by atoms with E-state index in [1.165, 1.54) is 31.4 Å². The fraction of sp³-hybridized carbons (Fsp3) is 0.684. The van der Waals surface area contributed by atoms with Gasteiger partial charge in [-0.25, -0.2) is 0 Å². The molecule has 0 radical (unpaired) electrons. The summed E-state index contributed by atoms with van der Waals surface area (Å²) in [6.45, 7) is 7.35. The lowest BCUT2D eigenvalue weighted by Crippen LogP contribution is -2.54. The summed E-state index contributed by atoms with van der Waals surface area (Å²) in [7, 11) is 0. The predicted molar refractivity (Wildman–Crippen MR) is 91.6 cm³/mol. The maximum absolute atomic E-state index is 12.2. The summed E-state index contributed by atoms with van der Waals surface area (Å²) in [5, 5.41) is 0. The molecular formula is C19H27N3O. The molecule has 4 heteroatoms. The summed E-state index contributed by atoms with van der Waals surface area (Å²) in [4.78, 5) is 21.5. The lowest BCUT2D eigenvalue weighted by Gasteiger charge is -2.49. The van der Waals surface area contributed by atoms with E-state index in [0.717, 1.165) is 43.9 Å². The Balaban J connectivity index is 1.55. The highest BCUT2D eigenvalue weighted by Crippen LogP contribution is 2.43. The van der Waals surface area contributed by atoms with Gasteiger partial charge >= 0.3 is 0 Å². The molecule has 1 spiro atoms. The summed E-state index contributed by atoms with van der Waals surface area (Å²) in [6.07, 6.45) is 6.74. The first-order valence-corrected chi connectivity index (χ1v) is 9.04. The lowest BCUT2D eigenvalue weighted by atomic mass is 9.73. The Morgan fingerprint density at radius 3 is 2.57 bits per heavy atom. The van der Waals surface area contributed by atoms with Crippen molar-refractivity contribution in [1.82, 2.24) is 9.88 Å². The van der Waals surface area contributed by atoms with E-state index in [-0.39, 0.29) is 0 Å². The van der Waals surface area contributed by atoms with Crippen molar-refractivity contribution in [3.05, 3.63) is 23.5 Å². The number of rotatable bonds is 2. The number of likely N-dealkylation sites (tertiary alicyclic amines) is 1. The Kier molecular flexibility index (Phi) is 3.58. The van der Waals surface area contributed by atoms with Gasteiger partial charge in [-0.05, 0) is 58.1 Å². The van der Waals surface area contributed by atoms with E-state index in [4.69, 9.17) is 0 Å². The van der Waals surface area contributed by atoms with Crippen molar-refractivity contribution in [2.45, 2.75) is 58.4 Å². The van der Waals surface area contributed by atoms with Crippen LogP contribution in [0.15, 0.2) is 12.1 Å². The van der Waals surface area contributed by atoms with Crippen LogP contribution < -0.4 is 4.90 Å². The molecule has 124 valence electrons. The van der Waals surface area contributed by atoms with Gasteiger partial charge in [0.2, 0.25) is 5.91 Å². The molecule has 0 bridgehead atoms. The van der Waals surface area contributed by atoms with Crippen molar-refractivity contribution in [1.29, 1.82) is 0 Å². The van der Waals surface area contributed by atoms with Crippen LogP contribution in [0.1, 0.15) is 49.9 Å². The molecule has 3 heterocycles. The van der Waals surface area contributed by atoms with Crippen LogP contribution in [0.25, 0.3) is 0 Å². The van der Waals surface area contributed by atoms with Crippen molar-refractivity contribution < 1.29 is 4.79 Å². The van der Waals surface area contributed by atoms with Crippen LogP contribution in [-0.4, -0.2) is 41.5 Å². The Morgan fingerprint density at radius 2 is 1.87 bits per heavy atom. The predicted octanol–water partition coefficient (Wildman–Crippen LogP) is 3.07. The maximum atomic E-state index is 12.2. The number of pyridine rings is 1. The molecule has 3 aliphatic rings. The quantitative estimate of drug-likeness (QED) is 0.842. The molecule has 4 nitrogen and oxygen atoms in total. The molecule has 1 atom stereocenters. The molecule has 0 aromatic carbocycles. The fourth-order valence-corrected chi connectivity index (χ4v) is 4.52. The highest BCUT2D eigenvalue weighted by Gasteiger charge is 2.45. The first kappa shape index (κ1) is 15.0. The molecule has 23 heavy (non-hydrogen) atoms. The van der Waals surface area contributed by atoms with Crippen molar-refractivity contribution >= 4 is 11.6 Å². The minimum absolute atomic E-state index is 0.305. The number of hydrogen-bond donors (Lipinski definition) is 0. The third kappa shape index (κ3) is 2.96.